The number of ether oxygens (including phenoxy) is 1. The summed E-state index contributed by atoms with van der Waals surface area (Å²) in [6.45, 7) is -0.136. The summed E-state index contributed by atoms with van der Waals surface area (Å²) in [7, 11) is 1.45. The van der Waals surface area contributed by atoms with Crippen LogP contribution in [0.5, 0.6) is 0 Å². The van der Waals surface area contributed by atoms with Gasteiger partial charge in [0.05, 0.1) is 19.3 Å². The number of imide groups is 1. The quantitative estimate of drug-likeness (QED) is 0.566. The van der Waals surface area contributed by atoms with E-state index in [0.717, 1.165) is 4.90 Å². The van der Waals surface area contributed by atoms with Crippen LogP contribution < -0.4 is 0 Å². The summed E-state index contributed by atoms with van der Waals surface area (Å²) in [5.74, 6) is -0.804. The SMILES string of the molecule is COCC(CO)N1C(=O)C=CC1=O. The first-order valence-electron chi connectivity index (χ1n) is 3.85. The molecule has 0 fully saturated rings. The zero-order chi connectivity index (χ0) is 9.84. The summed E-state index contributed by atoms with van der Waals surface area (Å²) in [4.78, 5) is 23.2. The molecule has 0 bridgehead atoms. The number of nitrogens with zero attached hydrogens (tertiary/aromatic N) is 1. The smallest absolute Gasteiger partial charge is 0.254 e. The van der Waals surface area contributed by atoms with Gasteiger partial charge in [-0.05, 0) is 0 Å². The molecule has 5 heteroatoms. The van der Waals surface area contributed by atoms with Crippen LogP contribution in [0.15, 0.2) is 12.2 Å². The molecule has 0 aromatic carbocycles. The predicted octanol–water partition coefficient (Wildman–Crippen LogP) is -1.08. The molecule has 72 valence electrons. The number of aliphatic hydroxyl groups excluding tert-OH is 1. The minimum atomic E-state index is -0.583. The topological polar surface area (TPSA) is 66.8 Å². The van der Waals surface area contributed by atoms with Gasteiger partial charge in [-0.25, -0.2) is 0 Å². The largest absolute Gasteiger partial charge is 0.394 e. The molecule has 0 radical (unpaired) electrons. The van der Waals surface area contributed by atoms with Gasteiger partial charge in [-0.15, -0.1) is 0 Å². The van der Waals surface area contributed by atoms with Gasteiger partial charge < -0.3 is 9.84 Å². The fourth-order valence-electron chi connectivity index (χ4n) is 1.17. The molecule has 13 heavy (non-hydrogen) atoms. The van der Waals surface area contributed by atoms with Crippen LogP contribution in [0.25, 0.3) is 0 Å². The lowest BCUT2D eigenvalue weighted by Gasteiger charge is -2.23. The molecule has 1 unspecified atom stereocenters. The summed E-state index contributed by atoms with van der Waals surface area (Å²) in [5.41, 5.74) is 0. The van der Waals surface area contributed by atoms with Gasteiger partial charge in [0, 0.05) is 19.3 Å². The number of carbonyl (C=O) groups is 2. The van der Waals surface area contributed by atoms with Crippen molar-refractivity contribution in [3.05, 3.63) is 12.2 Å². The maximum Gasteiger partial charge on any atom is 0.254 e. The highest BCUT2D eigenvalue weighted by molar-refractivity contribution is 6.13. The number of amides is 2. The number of hydrogen-bond donors (Lipinski definition) is 1. The van der Waals surface area contributed by atoms with E-state index in [9.17, 15) is 9.59 Å². The number of carbonyl (C=O) groups excluding carboxylic acids is 2. The van der Waals surface area contributed by atoms with Crippen molar-refractivity contribution in [1.82, 2.24) is 4.90 Å². The first-order chi connectivity index (χ1) is 6.20. The van der Waals surface area contributed by atoms with Crippen molar-refractivity contribution in [2.45, 2.75) is 6.04 Å². The lowest BCUT2D eigenvalue weighted by Crippen LogP contribution is -2.44. The van der Waals surface area contributed by atoms with Gasteiger partial charge in [0.15, 0.2) is 0 Å². The van der Waals surface area contributed by atoms with Crippen molar-refractivity contribution < 1.29 is 19.4 Å². The van der Waals surface area contributed by atoms with E-state index in [0.29, 0.717) is 0 Å². The second-order valence-corrected chi connectivity index (χ2v) is 2.67. The van der Waals surface area contributed by atoms with E-state index in [1.807, 2.05) is 0 Å². The van der Waals surface area contributed by atoms with Crippen LogP contribution in [0.3, 0.4) is 0 Å². The summed E-state index contributed by atoms with van der Waals surface area (Å²) in [6, 6.07) is -0.583. The van der Waals surface area contributed by atoms with Crippen molar-refractivity contribution in [2.24, 2.45) is 0 Å². The average Bonchev–Trinajstić information content (AvgIpc) is 2.43. The molecule has 0 saturated carbocycles. The molecule has 0 spiro atoms. The highest BCUT2D eigenvalue weighted by Gasteiger charge is 2.30. The highest BCUT2D eigenvalue weighted by atomic mass is 16.5. The molecular weight excluding hydrogens is 174 g/mol. The first kappa shape index (κ1) is 9.88. The molecule has 2 amide bonds. The standard InChI is InChI=1S/C8H11NO4/c1-13-5-6(4-10)9-7(11)2-3-8(9)12/h2-3,6,10H,4-5H2,1H3. The van der Waals surface area contributed by atoms with Crippen LogP contribution in [-0.4, -0.2) is 48.2 Å². The molecule has 0 aromatic rings. The minimum Gasteiger partial charge on any atom is -0.394 e. The fraction of sp³-hybridized carbons (Fsp3) is 0.500. The molecule has 1 N–H and O–H groups in total. The van der Waals surface area contributed by atoms with E-state index >= 15 is 0 Å². The Labute approximate surface area is 75.6 Å². The molecular formula is C8H11NO4. The lowest BCUT2D eigenvalue weighted by atomic mass is 10.3. The lowest BCUT2D eigenvalue weighted by molar-refractivity contribution is -0.141. The van der Waals surface area contributed by atoms with Crippen molar-refractivity contribution >= 4 is 11.8 Å². The number of aliphatic hydroxyl groups is 1. The molecule has 5 nitrogen and oxygen atoms in total. The second kappa shape index (κ2) is 4.15. The average molecular weight is 185 g/mol. The third-order valence-electron chi connectivity index (χ3n) is 1.78. The predicted molar refractivity (Wildman–Crippen MR) is 43.7 cm³/mol. The van der Waals surface area contributed by atoms with E-state index in [-0.39, 0.29) is 13.2 Å². The minimum absolute atomic E-state index is 0.148. The Kier molecular flexibility index (Phi) is 3.16. The van der Waals surface area contributed by atoms with Crippen molar-refractivity contribution in [1.29, 1.82) is 0 Å². The molecule has 1 aliphatic rings. The highest BCUT2D eigenvalue weighted by Crippen LogP contribution is 2.08. The maximum atomic E-state index is 11.1. The Morgan fingerprint density at radius 1 is 1.46 bits per heavy atom. The summed E-state index contributed by atoms with van der Waals surface area (Å²) >= 11 is 0. The van der Waals surface area contributed by atoms with E-state index in [4.69, 9.17) is 9.84 Å². The van der Waals surface area contributed by atoms with E-state index < -0.39 is 17.9 Å². The monoisotopic (exact) mass is 185 g/mol. The molecule has 1 rings (SSSR count). The zero-order valence-electron chi connectivity index (χ0n) is 7.27. The van der Waals surface area contributed by atoms with Crippen LogP contribution in [-0.2, 0) is 14.3 Å². The number of hydrogen-bond acceptors (Lipinski definition) is 4. The van der Waals surface area contributed by atoms with Gasteiger partial charge in [-0.1, -0.05) is 0 Å². The second-order valence-electron chi connectivity index (χ2n) is 2.67. The van der Waals surface area contributed by atoms with Crippen molar-refractivity contribution in [3.8, 4) is 0 Å². The first-order valence-corrected chi connectivity index (χ1v) is 3.85. The van der Waals surface area contributed by atoms with E-state index in [1.165, 1.54) is 19.3 Å². The maximum absolute atomic E-state index is 11.1. The van der Waals surface area contributed by atoms with Crippen LogP contribution in [0, 0.1) is 0 Å². The number of methoxy groups -OCH3 is 1. The Bertz CT molecular complexity index is 231. The molecule has 0 aromatic heterocycles. The summed E-state index contributed by atoms with van der Waals surface area (Å²) in [5, 5.41) is 8.90. The van der Waals surface area contributed by atoms with E-state index in [1.54, 1.807) is 0 Å². The molecule has 0 aliphatic carbocycles. The molecule has 0 saturated heterocycles. The molecule has 1 atom stereocenters. The number of rotatable bonds is 4. The van der Waals surface area contributed by atoms with Gasteiger partial charge >= 0.3 is 0 Å². The normalized spacial score (nSPS) is 18.5. The summed E-state index contributed by atoms with van der Waals surface area (Å²) in [6.07, 6.45) is 2.36. The Morgan fingerprint density at radius 2 is 2.00 bits per heavy atom. The van der Waals surface area contributed by atoms with Gasteiger partial charge in [0.25, 0.3) is 11.8 Å². The van der Waals surface area contributed by atoms with Crippen LogP contribution in [0.1, 0.15) is 0 Å². The van der Waals surface area contributed by atoms with Crippen LogP contribution >= 0.6 is 0 Å². The van der Waals surface area contributed by atoms with Gasteiger partial charge in [0.1, 0.15) is 0 Å². The van der Waals surface area contributed by atoms with Gasteiger partial charge in [-0.3, -0.25) is 14.5 Å². The van der Waals surface area contributed by atoms with Crippen LogP contribution in [0.4, 0.5) is 0 Å². The van der Waals surface area contributed by atoms with Gasteiger partial charge in [-0.2, -0.15) is 0 Å². The fourth-order valence-corrected chi connectivity index (χ4v) is 1.17. The Balaban J connectivity index is 2.68. The third-order valence-corrected chi connectivity index (χ3v) is 1.78. The molecule has 1 aliphatic heterocycles. The Morgan fingerprint density at radius 3 is 2.38 bits per heavy atom. The van der Waals surface area contributed by atoms with Crippen molar-refractivity contribution in [3.63, 3.8) is 0 Å². The van der Waals surface area contributed by atoms with Crippen molar-refractivity contribution in [2.75, 3.05) is 20.3 Å². The Hall–Kier alpha value is -1.20. The van der Waals surface area contributed by atoms with Gasteiger partial charge in [0.2, 0.25) is 0 Å². The van der Waals surface area contributed by atoms with E-state index in [2.05, 4.69) is 0 Å². The summed E-state index contributed by atoms with van der Waals surface area (Å²) < 4.78 is 4.77. The van der Waals surface area contributed by atoms with Crippen LogP contribution in [0.2, 0.25) is 0 Å². The third kappa shape index (κ3) is 1.93. The zero-order valence-corrected chi connectivity index (χ0v) is 7.27. The molecule has 1 heterocycles.